The molecule has 1 saturated carbocycles. The van der Waals surface area contributed by atoms with Gasteiger partial charge in [-0.25, -0.2) is 14.1 Å². The van der Waals surface area contributed by atoms with E-state index in [1.54, 1.807) is 19.2 Å². The van der Waals surface area contributed by atoms with Gasteiger partial charge < -0.3 is 10.6 Å². The van der Waals surface area contributed by atoms with Gasteiger partial charge in [-0.1, -0.05) is 17.7 Å². The fraction of sp³-hybridized carbons (Fsp3) is 0.500. The van der Waals surface area contributed by atoms with Gasteiger partial charge in [-0.2, -0.15) is 5.10 Å². The predicted octanol–water partition coefficient (Wildman–Crippen LogP) is 2.94. The molecule has 1 aliphatic heterocycles. The summed E-state index contributed by atoms with van der Waals surface area (Å²) in [6, 6.07) is 5.03. The maximum atomic E-state index is 14.1. The number of hydrogen-bond acceptors (Lipinski definition) is 3. The number of rotatable bonds is 3. The molecule has 2 aliphatic rings. The van der Waals surface area contributed by atoms with Crippen molar-refractivity contribution in [1.29, 1.82) is 0 Å². The highest BCUT2D eigenvalue weighted by molar-refractivity contribution is 6.31. The molecule has 1 fully saturated rings. The maximum absolute atomic E-state index is 14.1. The summed E-state index contributed by atoms with van der Waals surface area (Å²) in [6.07, 6.45) is 2.86. The number of guanidine groups is 1. The number of aromatic nitrogens is 3. The molecule has 2 heterocycles. The van der Waals surface area contributed by atoms with Crippen LogP contribution in [0.25, 0.3) is 0 Å². The smallest absolute Gasteiger partial charge is 0.191 e. The normalized spacial score (nSPS) is 24.9. The Morgan fingerprint density at radius 3 is 3.00 bits per heavy atom. The van der Waals surface area contributed by atoms with Crippen LogP contribution < -0.4 is 10.6 Å². The van der Waals surface area contributed by atoms with E-state index >= 15 is 0 Å². The molecule has 2 aromatic rings. The fourth-order valence-electron chi connectivity index (χ4n) is 3.66. The van der Waals surface area contributed by atoms with Crippen LogP contribution in [0.5, 0.6) is 0 Å². The molecule has 0 spiro atoms. The molecule has 3 unspecified atom stereocenters. The van der Waals surface area contributed by atoms with Crippen LogP contribution in [0, 0.1) is 12.7 Å². The van der Waals surface area contributed by atoms with Crippen molar-refractivity contribution in [3.8, 4) is 0 Å². The third-order valence-electron chi connectivity index (χ3n) is 5.00. The first-order chi connectivity index (χ1) is 12.6. The van der Waals surface area contributed by atoms with E-state index in [9.17, 15) is 4.39 Å². The monoisotopic (exact) mass is 376 g/mol. The molecule has 0 amide bonds. The summed E-state index contributed by atoms with van der Waals surface area (Å²) in [6.45, 7) is 2.80. The van der Waals surface area contributed by atoms with Gasteiger partial charge in [0.25, 0.3) is 0 Å². The van der Waals surface area contributed by atoms with Crippen molar-refractivity contribution in [2.75, 3.05) is 7.05 Å². The lowest BCUT2D eigenvalue weighted by Gasteiger charge is -2.25. The van der Waals surface area contributed by atoms with Gasteiger partial charge in [-0.3, -0.25) is 4.99 Å². The van der Waals surface area contributed by atoms with Crippen molar-refractivity contribution < 1.29 is 4.39 Å². The molecule has 0 bridgehead atoms. The largest absolute Gasteiger partial charge is 0.353 e. The average molecular weight is 377 g/mol. The molecule has 138 valence electrons. The van der Waals surface area contributed by atoms with Crippen molar-refractivity contribution >= 4 is 17.6 Å². The van der Waals surface area contributed by atoms with E-state index in [2.05, 4.69) is 25.7 Å². The minimum atomic E-state index is -0.245. The van der Waals surface area contributed by atoms with Gasteiger partial charge in [0, 0.05) is 36.1 Å². The van der Waals surface area contributed by atoms with E-state index in [1.165, 1.54) is 6.07 Å². The average Bonchev–Trinajstić information content (AvgIpc) is 3.23. The molecule has 6 nitrogen and oxygen atoms in total. The van der Waals surface area contributed by atoms with Crippen LogP contribution in [0.4, 0.5) is 4.39 Å². The number of nitrogens with one attached hydrogen (secondary N) is 2. The van der Waals surface area contributed by atoms with Gasteiger partial charge in [0.2, 0.25) is 0 Å². The molecule has 3 atom stereocenters. The van der Waals surface area contributed by atoms with Gasteiger partial charge in [0.15, 0.2) is 5.96 Å². The first kappa shape index (κ1) is 17.3. The molecule has 1 aromatic carbocycles. The maximum Gasteiger partial charge on any atom is 0.191 e. The van der Waals surface area contributed by atoms with Crippen LogP contribution in [0.3, 0.4) is 0 Å². The second-order valence-corrected chi connectivity index (χ2v) is 7.29. The molecule has 1 aliphatic carbocycles. The summed E-state index contributed by atoms with van der Waals surface area (Å²) in [5.74, 6) is 2.25. The van der Waals surface area contributed by atoms with E-state index in [0.717, 1.165) is 37.5 Å². The second kappa shape index (κ2) is 6.87. The summed E-state index contributed by atoms with van der Waals surface area (Å²) < 4.78 is 16.1. The Morgan fingerprint density at radius 2 is 2.23 bits per heavy atom. The van der Waals surface area contributed by atoms with E-state index in [-0.39, 0.29) is 23.8 Å². The zero-order valence-electron chi connectivity index (χ0n) is 14.8. The Kier molecular flexibility index (Phi) is 4.56. The van der Waals surface area contributed by atoms with Crippen LogP contribution in [0.15, 0.2) is 23.2 Å². The van der Waals surface area contributed by atoms with Crippen molar-refractivity contribution in [1.82, 2.24) is 25.4 Å². The van der Waals surface area contributed by atoms with Crippen LogP contribution >= 0.6 is 11.6 Å². The van der Waals surface area contributed by atoms with E-state index in [4.69, 9.17) is 11.6 Å². The summed E-state index contributed by atoms with van der Waals surface area (Å²) in [5, 5.41) is 11.7. The lowest BCUT2D eigenvalue weighted by atomic mass is 10.1. The van der Waals surface area contributed by atoms with Gasteiger partial charge in [0.05, 0.1) is 6.04 Å². The highest BCUT2D eigenvalue weighted by Crippen LogP contribution is 2.44. The Bertz CT molecular complexity index is 828. The van der Waals surface area contributed by atoms with Crippen molar-refractivity contribution in [2.45, 2.75) is 50.7 Å². The molecule has 1 aromatic heterocycles. The predicted molar refractivity (Wildman–Crippen MR) is 98.9 cm³/mol. The zero-order valence-corrected chi connectivity index (χ0v) is 15.6. The SMILES string of the molecule is CN=C(NC1CCCn2nc(C)nc21)NC1CC1c1c(F)cccc1Cl. The number of aryl methyl sites for hydroxylation is 2. The molecule has 0 radical (unpaired) electrons. The molecular formula is C18H22ClFN6. The molecule has 8 heteroatoms. The molecule has 0 saturated heterocycles. The van der Waals surface area contributed by atoms with Crippen LogP contribution in [-0.2, 0) is 6.54 Å². The quantitative estimate of drug-likeness (QED) is 0.638. The number of hydrogen-bond donors (Lipinski definition) is 2. The van der Waals surface area contributed by atoms with Crippen molar-refractivity contribution in [3.63, 3.8) is 0 Å². The van der Waals surface area contributed by atoms with Gasteiger partial charge in [-0.15, -0.1) is 0 Å². The summed E-state index contributed by atoms with van der Waals surface area (Å²) in [4.78, 5) is 8.87. The van der Waals surface area contributed by atoms with Gasteiger partial charge in [0.1, 0.15) is 17.5 Å². The van der Waals surface area contributed by atoms with Crippen molar-refractivity contribution in [3.05, 3.63) is 46.3 Å². The van der Waals surface area contributed by atoms with E-state index in [0.29, 0.717) is 16.5 Å². The summed E-state index contributed by atoms with van der Waals surface area (Å²) in [7, 11) is 1.74. The zero-order chi connectivity index (χ0) is 18.3. The Morgan fingerprint density at radius 1 is 1.38 bits per heavy atom. The molecule has 2 N–H and O–H groups in total. The third-order valence-corrected chi connectivity index (χ3v) is 5.33. The first-order valence-electron chi connectivity index (χ1n) is 8.92. The fourth-order valence-corrected chi connectivity index (χ4v) is 3.96. The minimum Gasteiger partial charge on any atom is -0.353 e. The molecule has 26 heavy (non-hydrogen) atoms. The lowest BCUT2D eigenvalue weighted by Crippen LogP contribution is -2.42. The number of fused-ring (bicyclic) bond motifs is 1. The van der Waals surface area contributed by atoms with Crippen LogP contribution in [-0.4, -0.2) is 33.8 Å². The second-order valence-electron chi connectivity index (χ2n) is 6.88. The van der Waals surface area contributed by atoms with Crippen LogP contribution in [0.2, 0.25) is 5.02 Å². The minimum absolute atomic E-state index is 0.0690. The standard InChI is InChI=1S/C18H22ClFN6/c1-10-22-17-14(7-4-8-26(17)25-10)23-18(21-2)24-15-9-11(15)16-12(19)5-3-6-13(16)20/h3,5-6,11,14-15H,4,7-9H2,1-2H3,(H2,21,23,24). The topological polar surface area (TPSA) is 67.1 Å². The Labute approximate surface area is 156 Å². The Balaban J connectivity index is 1.43. The number of aliphatic imine (C=N–C) groups is 1. The number of benzene rings is 1. The third kappa shape index (κ3) is 3.28. The Hall–Kier alpha value is -2.15. The van der Waals surface area contributed by atoms with Gasteiger partial charge >= 0.3 is 0 Å². The first-order valence-corrected chi connectivity index (χ1v) is 9.29. The highest BCUT2D eigenvalue weighted by atomic mass is 35.5. The van der Waals surface area contributed by atoms with E-state index in [1.807, 2.05) is 11.6 Å². The number of halogens is 2. The molecular weight excluding hydrogens is 355 g/mol. The van der Waals surface area contributed by atoms with Crippen LogP contribution in [0.1, 0.15) is 48.4 Å². The van der Waals surface area contributed by atoms with E-state index < -0.39 is 0 Å². The molecule has 4 rings (SSSR count). The summed E-state index contributed by atoms with van der Waals surface area (Å²) in [5.41, 5.74) is 0.593. The number of nitrogens with zero attached hydrogens (tertiary/aromatic N) is 4. The van der Waals surface area contributed by atoms with Gasteiger partial charge in [-0.05, 0) is 38.3 Å². The highest BCUT2D eigenvalue weighted by Gasteiger charge is 2.42. The summed E-state index contributed by atoms with van der Waals surface area (Å²) >= 11 is 6.18. The lowest BCUT2D eigenvalue weighted by molar-refractivity contribution is 0.397. The van der Waals surface area contributed by atoms with Crippen molar-refractivity contribution in [2.24, 2.45) is 4.99 Å².